The molecule has 2 heterocycles. The van der Waals surface area contributed by atoms with Gasteiger partial charge < -0.3 is 0 Å². The fourth-order valence-electron chi connectivity index (χ4n) is 2.16. The number of rotatable bonds is 3. The zero-order valence-corrected chi connectivity index (χ0v) is 12.4. The lowest BCUT2D eigenvalue weighted by Crippen LogP contribution is -1.99. The summed E-state index contributed by atoms with van der Waals surface area (Å²) in [4.78, 5) is 15.6. The molecule has 1 aliphatic rings. The summed E-state index contributed by atoms with van der Waals surface area (Å²) in [6.45, 7) is 0. The highest BCUT2D eigenvalue weighted by Crippen LogP contribution is 2.32. The Labute approximate surface area is 117 Å². The van der Waals surface area contributed by atoms with Crippen LogP contribution in [0.1, 0.15) is 31.4 Å². The molecule has 0 bridgehead atoms. The Morgan fingerprint density at radius 3 is 2.88 bits per heavy atom. The SMILES string of the molecule is O=C(Cc1ccc(Br)s1)c1cc2c(s1)CCC2. The molecule has 4 heteroatoms. The minimum absolute atomic E-state index is 0.263. The number of hydrogen-bond acceptors (Lipinski definition) is 3. The number of carbonyl (C=O) groups is 1. The van der Waals surface area contributed by atoms with Gasteiger partial charge in [-0.05, 0) is 59.0 Å². The molecular weight excluding hydrogens is 316 g/mol. The van der Waals surface area contributed by atoms with E-state index in [-0.39, 0.29) is 5.78 Å². The Kier molecular flexibility index (Phi) is 3.19. The molecule has 0 spiro atoms. The van der Waals surface area contributed by atoms with Crippen LogP contribution in [0.4, 0.5) is 0 Å². The summed E-state index contributed by atoms with van der Waals surface area (Å²) < 4.78 is 1.09. The van der Waals surface area contributed by atoms with E-state index in [1.807, 2.05) is 12.1 Å². The molecule has 17 heavy (non-hydrogen) atoms. The third-order valence-electron chi connectivity index (χ3n) is 2.99. The van der Waals surface area contributed by atoms with E-state index >= 15 is 0 Å². The second-order valence-corrected chi connectivity index (χ2v) is 7.90. The highest BCUT2D eigenvalue weighted by Gasteiger charge is 2.18. The van der Waals surface area contributed by atoms with E-state index in [1.54, 1.807) is 22.7 Å². The van der Waals surface area contributed by atoms with Gasteiger partial charge in [0.1, 0.15) is 0 Å². The van der Waals surface area contributed by atoms with Crippen molar-refractivity contribution in [2.75, 3.05) is 0 Å². The van der Waals surface area contributed by atoms with Crippen molar-refractivity contribution in [1.29, 1.82) is 0 Å². The molecule has 0 atom stereocenters. The molecule has 2 aromatic heterocycles. The van der Waals surface area contributed by atoms with Gasteiger partial charge in [-0.15, -0.1) is 22.7 Å². The molecule has 0 amide bonds. The first-order chi connectivity index (χ1) is 8.22. The van der Waals surface area contributed by atoms with Gasteiger partial charge in [0.25, 0.3) is 0 Å². The molecule has 3 rings (SSSR count). The maximum absolute atomic E-state index is 12.1. The normalized spacial score (nSPS) is 13.9. The van der Waals surface area contributed by atoms with E-state index in [4.69, 9.17) is 0 Å². The van der Waals surface area contributed by atoms with Gasteiger partial charge in [0, 0.05) is 16.2 Å². The number of fused-ring (bicyclic) bond motifs is 1. The molecule has 0 aliphatic heterocycles. The molecule has 88 valence electrons. The Morgan fingerprint density at radius 1 is 1.29 bits per heavy atom. The molecule has 1 aliphatic carbocycles. The monoisotopic (exact) mass is 326 g/mol. The Morgan fingerprint density at radius 2 is 2.18 bits per heavy atom. The number of thiophene rings is 2. The number of ketones is 1. The van der Waals surface area contributed by atoms with Crippen molar-refractivity contribution in [1.82, 2.24) is 0 Å². The quantitative estimate of drug-likeness (QED) is 0.759. The highest BCUT2D eigenvalue weighted by molar-refractivity contribution is 9.11. The first-order valence-corrected chi connectivity index (χ1v) is 8.04. The molecule has 0 unspecified atom stereocenters. The third kappa shape index (κ3) is 2.39. The second-order valence-electron chi connectivity index (χ2n) is 4.22. The first kappa shape index (κ1) is 11.6. The zero-order chi connectivity index (χ0) is 11.8. The lowest BCUT2D eigenvalue weighted by atomic mass is 10.2. The van der Waals surface area contributed by atoms with Gasteiger partial charge in [0.05, 0.1) is 8.66 Å². The first-order valence-electron chi connectivity index (χ1n) is 5.61. The smallest absolute Gasteiger partial charge is 0.177 e. The summed E-state index contributed by atoms with van der Waals surface area (Å²) in [6.07, 6.45) is 4.12. The van der Waals surface area contributed by atoms with Crippen LogP contribution in [0.15, 0.2) is 22.0 Å². The van der Waals surface area contributed by atoms with Crippen molar-refractivity contribution in [2.45, 2.75) is 25.7 Å². The summed E-state index contributed by atoms with van der Waals surface area (Å²) >= 11 is 6.77. The van der Waals surface area contributed by atoms with Crippen LogP contribution in [-0.2, 0) is 19.3 Å². The van der Waals surface area contributed by atoms with Crippen LogP contribution in [-0.4, -0.2) is 5.78 Å². The van der Waals surface area contributed by atoms with E-state index in [0.29, 0.717) is 6.42 Å². The largest absolute Gasteiger partial charge is 0.293 e. The van der Waals surface area contributed by atoms with Gasteiger partial charge in [-0.25, -0.2) is 0 Å². The summed E-state index contributed by atoms with van der Waals surface area (Å²) in [5.74, 6) is 0.263. The maximum Gasteiger partial charge on any atom is 0.177 e. The average molecular weight is 327 g/mol. The molecule has 0 radical (unpaired) electrons. The minimum atomic E-state index is 0.263. The lowest BCUT2D eigenvalue weighted by Gasteiger charge is -1.95. The average Bonchev–Trinajstić information content (AvgIpc) is 2.92. The predicted octanol–water partition coefficient (Wildman–Crippen LogP) is 4.49. The molecule has 0 saturated heterocycles. The summed E-state index contributed by atoms with van der Waals surface area (Å²) in [6, 6.07) is 6.13. The van der Waals surface area contributed by atoms with Crippen molar-refractivity contribution in [3.8, 4) is 0 Å². The number of hydrogen-bond donors (Lipinski definition) is 0. The molecule has 0 N–H and O–H groups in total. The Balaban J connectivity index is 1.77. The fraction of sp³-hybridized carbons (Fsp3) is 0.308. The lowest BCUT2D eigenvalue weighted by molar-refractivity contribution is 0.0997. The van der Waals surface area contributed by atoms with Gasteiger partial charge in [0.2, 0.25) is 0 Å². The zero-order valence-electron chi connectivity index (χ0n) is 9.16. The molecule has 1 nitrogen and oxygen atoms in total. The van der Waals surface area contributed by atoms with Crippen molar-refractivity contribution >= 4 is 44.4 Å². The standard InChI is InChI=1S/C13H11BrOS2/c14-13-5-4-9(16-13)7-10(15)12-6-8-2-1-3-11(8)17-12/h4-6H,1-3,7H2. The number of Topliss-reactive ketones (excluding diaryl/α,β-unsaturated/α-hetero) is 1. The summed E-state index contributed by atoms with van der Waals surface area (Å²) in [5.41, 5.74) is 1.41. The molecule has 2 aromatic rings. The fourth-order valence-corrected chi connectivity index (χ4v) is 4.83. The van der Waals surface area contributed by atoms with E-state index in [2.05, 4.69) is 22.0 Å². The summed E-state index contributed by atoms with van der Waals surface area (Å²) in [7, 11) is 0. The van der Waals surface area contributed by atoms with Gasteiger partial charge in [0.15, 0.2) is 5.78 Å². The van der Waals surface area contributed by atoms with E-state index in [9.17, 15) is 4.79 Å². The number of halogens is 1. The topological polar surface area (TPSA) is 17.1 Å². The number of aryl methyl sites for hydroxylation is 2. The van der Waals surface area contributed by atoms with Gasteiger partial charge in [-0.3, -0.25) is 4.79 Å². The highest BCUT2D eigenvalue weighted by atomic mass is 79.9. The van der Waals surface area contributed by atoms with Crippen molar-refractivity contribution in [2.24, 2.45) is 0 Å². The Bertz CT molecular complexity index is 546. The van der Waals surface area contributed by atoms with Crippen LogP contribution < -0.4 is 0 Å². The van der Waals surface area contributed by atoms with Crippen LogP contribution in [0.5, 0.6) is 0 Å². The van der Waals surface area contributed by atoms with E-state index in [0.717, 1.165) is 26.4 Å². The van der Waals surface area contributed by atoms with Crippen LogP contribution in [0, 0.1) is 0 Å². The Hall–Kier alpha value is -0.450. The van der Waals surface area contributed by atoms with Crippen LogP contribution in [0.3, 0.4) is 0 Å². The van der Waals surface area contributed by atoms with Gasteiger partial charge >= 0.3 is 0 Å². The van der Waals surface area contributed by atoms with Crippen molar-refractivity contribution < 1.29 is 4.79 Å². The second kappa shape index (κ2) is 4.67. The molecule has 0 fully saturated rings. The predicted molar refractivity (Wildman–Crippen MR) is 76.4 cm³/mol. The minimum Gasteiger partial charge on any atom is -0.293 e. The summed E-state index contributed by atoms with van der Waals surface area (Å²) in [5, 5.41) is 0. The third-order valence-corrected chi connectivity index (χ3v) is 5.89. The van der Waals surface area contributed by atoms with E-state index < -0.39 is 0 Å². The molecule has 0 saturated carbocycles. The maximum atomic E-state index is 12.1. The van der Waals surface area contributed by atoms with Gasteiger partial charge in [-0.2, -0.15) is 0 Å². The van der Waals surface area contributed by atoms with Crippen LogP contribution in [0.2, 0.25) is 0 Å². The van der Waals surface area contributed by atoms with Crippen LogP contribution in [0.25, 0.3) is 0 Å². The van der Waals surface area contributed by atoms with Crippen LogP contribution >= 0.6 is 38.6 Å². The molecular formula is C13H11BrOS2. The molecule has 0 aromatic carbocycles. The van der Waals surface area contributed by atoms with Crippen molar-refractivity contribution in [3.63, 3.8) is 0 Å². The van der Waals surface area contributed by atoms with E-state index in [1.165, 1.54) is 16.9 Å². The number of carbonyl (C=O) groups excluding carboxylic acids is 1. The van der Waals surface area contributed by atoms with Crippen molar-refractivity contribution in [3.05, 3.63) is 42.2 Å². The van der Waals surface area contributed by atoms with Gasteiger partial charge in [-0.1, -0.05) is 0 Å².